The molecule has 0 aliphatic carbocycles. The van der Waals surface area contributed by atoms with E-state index in [1.807, 2.05) is 38.1 Å². The fourth-order valence-corrected chi connectivity index (χ4v) is 2.74. The number of nitrogens with one attached hydrogen (secondary N) is 2. The Morgan fingerprint density at radius 2 is 1.96 bits per heavy atom. The molecule has 1 atom stereocenters. The first-order valence-electron chi connectivity index (χ1n) is 7.88. The summed E-state index contributed by atoms with van der Waals surface area (Å²) in [6, 6.07) is 12.9. The van der Waals surface area contributed by atoms with Crippen LogP contribution in [-0.2, 0) is 6.61 Å². The highest BCUT2D eigenvalue weighted by Gasteiger charge is 2.23. The molecule has 3 N–H and O–H groups in total. The summed E-state index contributed by atoms with van der Waals surface area (Å²) >= 11 is 0. The van der Waals surface area contributed by atoms with Gasteiger partial charge in [-0.3, -0.25) is 0 Å². The Balaban J connectivity index is 1.67. The van der Waals surface area contributed by atoms with Gasteiger partial charge in [-0.15, -0.1) is 0 Å². The van der Waals surface area contributed by atoms with E-state index in [4.69, 9.17) is 4.74 Å². The minimum atomic E-state index is -0.377. The summed E-state index contributed by atoms with van der Waals surface area (Å²) in [7, 11) is 0. The number of halogens is 1. The van der Waals surface area contributed by atoms with Crippen LogP contribution >= 0.6 is 0 Å². The largest absolute Gasteiger partial charge is 0.489 e. The SMILES string of the molecule is CC1=C(CO)NC(c2ccc(OCc3cccc(C)c3)cc2F)N1. The molecule has 0 amide bonds. The maximum Gasteiger partial charge on any atom is 0.134 e. The van der Waals surface area contributed by atoms with Gasteiger partial charge in [0.1, 0.15) is 24.3 Å². The predicted molar refractivity (Wildman–Crippen MR) is 90.7 cm³/mol. The quantitative estimate of drug-likeness (QED) is 0.789. The van der Waals surface area contributed by atoms with Gasteiger partial charge in [-0.2, -0.15) is 0 Å². The lowest BCUT2D eigenvalue weighted by Crippen LogP contribution is -2.25. The molecule has 4 nitrogen and oxygen atoms in total. The molecule has 0 radical (unpaired) electrons. The Bertz CT molecular complexity index is 774. The number of aryl methyl sites for hydroxylation is 1. The number of hydrogen-bond donors (Lipinski definition) is 3. The summed E-state index contributed by atoms with van der Waals surface area (Å²) < 4.78 is 20.1. The highest BCUT2D eigenvalue weighted by Crippen LogP contribution is 2.25. The molecule has 0 bridgehead atoms. The lowest BCUT2D eigenvalue weighted by molar-refractivity contribution is 0.303. The average molecular weight is 328 g/mol. The molecule has 1 aliphatic heterocycles. The molecule has 0 aromatic heterocycles. The Hall–Kier alpha value is -2.53. The van der Waals surface area contributed by atoms with Crippen LogP contribution in [0.4, 0.5) is 4.39 Å². The second-order valence-electron chi connectivity index (χ2n) is 5.94. The van der Waals surface area contributed by atoms with Crippen LogP contribution in [0.3, 0.4) is 0 Å². The normalized spacial score (nSPS) is 16.8. The topological polar surface area (TPSA) is 53.5 Å². The van der Waals surface area contributed by atoms with Crippen molar-refractivity contribution >= 4 is 0 Å². The van der Waals surface area contributed by atoms with E-state index in [0.29, 0.717) is 23.6 Å². The van der Waals surface area contributed by atoms with E-state index in [2.05, 4.69) is 10.6 Å². The zero-order valence-corrected chi connectivity index (χ0v) is 13.8. The molecule has 2 aromatic carbocycles. The lowest BCUT2D eigenvalue weighted by Gasteiger charge is -2.16. The van der Waals surface area contributed by atoms with Crippen LogP contribution in [0.5, 0.6) is 5.75 Å². The second-order valence-corrected chi connectivity index (χ2v) is 5.94. The fourth-order valence-electron chi connectivity index (χ4n) is 2.74. The fraction of sp³-hybridized carbons (Fsp3) is 0.263. The molecule has 1 aliphatic rings. The van der Waals surface area contributed by atoms with Crippen molar-refractivity contribution in [2.75, 3.05) is 6.61 Å². The first kappa shape index (κ1) is 16.3. The zero-order valence-electron chi connectivity index (χ0n) is 13.8. The van der Waals surface area contributed by atoms with Crippen molar-refractivity contribution in [1.82, 2.24) is 10.6 Å². The Kier molecular flexibility index (Phi) is 4.71. The van der Waals surface area contributed by atoms with Gasteiger partial charge in [0.2, 0.25) is 0 Å². The van der Waals surface area contributed by atoms with E-state index in [9.17, 15) is 9.50 Å². The number of aliphatic hydroxyl groups excluding tert-OH is 1. The monoisotopic (exact) mass is 328 g/mol. The van der Waals surface area contributed by atoms with Gasteiger partial charge in [0.05, 0.1) is 12.3 Å². The molecule has 2 aromatic rings. The van der Waals surface area contributed by atoms with E-state index in [1.165, 1.54) is 11.6 Å². The van der Waals surface area contributed by atoms with Gasteiger partial charge in [0, 0.05) is 17.3 Å². The third kappa shape index (κ3) is 3.51. The summed E-state index contributed by atoms with van der Waals surface area (Å²) in [5, 5.41) is 15.4. The lowest BCUT2D eigenvalue weighted by atomic mass is 10.1. The molecule has 0 saturated carbocycles. The predicted octanol–water partition coefficient (Wildman–Crippen LogP) is 3.13. The molecular formula is C19H21FN2O2. The van der Waals surface area contributed by atoms with E-state index in [0.717, 1.165) is 11.3 Å². The molecule has 1 unspecified atom stereocenters. The molecular weight excluding hydrogens is 307 g/mol. The maximum absolute atomic E-state index is 14.4. The van der Waals surface area contributed by atoms with Crippen molar-refractivity contribution in [3.8, 4) is 5.75 Å². The minimum absolute atomic E-state index is 0.103. The standard InChI is InChI=1S/C19H21FN2O2/c1-12-4-3-5-14(8-12)11-24-15-6-7-16(17(20)9-15)19-21-13(2)18(10-23)22-19/h3-9,19,21-23H,10-11H2,1-2H3. The third-order valence-corrected chi connectivity index (χ3v) is 4.06. The second kappa shape index (κ2) is 6.93. The van der Waals surface area contributed by atoms with E-state index in [1.54, 1.807) is 12.1 Å². The van der Waals surface area contributed by atoms with Gasteiger partial charge in [-0.25, -0.2) is 4.39 Å². The third-order valence-electron chi connectivity index (χ3n) is 4.06. The van der Waals surface area contributed by atoms with Crippen molar-refractivity contribution in [3.05, 3.63) is 76.4 Å². The van der Waals surface area contributed by atoms with Crippen LogP contribution < -0.4 is 15.4 Å². The van der Waals surface area contributed by atoms with Gasteiger partial charge in [0.15, 0.2) is 0 Å². The van der Waals surface area contributed by atoms with Crippen LogP contribution in [0, 0.1) is 12.7 Å². The van der Waals surface area contributed by atoms with Gasteiger partial charge in [-0.05, 0) is 31.5 Å². The summed E-state index contributed by atoms with van der Waals surface area (Å²) in [6.45, 7) is 4.16. The van der Waals surface area contributed by atoms with Gasteiger partial charge in [0.25, 0.3) is 0 Å². The first-order valence-corrected chi connectivity index (χ1v) is 7.88. The Labute approximate surface area is 141 Å². The van der Waals surface area contributed by atoms with Crippen LogP contribution in [0.25, 0.3) is 0 Å². The van der Waals surface area contributed by atoms with Gasteiger partial charge >= 0.3 is 0 Å². The summed E-state index contributed by atoms with van der Waals surface area (Å²) in [5.74, 6) is 0.136. The molecule has 5 heteroatoms. The number of ether oxygens (including phenoxy) is 1. The average Bonchev–Trinajstić information content (AvgIpc) is 2.94. The molecule has 3 rings (SSSR count). The maximum atomic E-state index is 14.4. The van der Waals surface area contributed by atoms with Crippen molar-refractivity contribution in [2.24, 2.45) is 0 Å². The number of aliphatic hydroxyl groups is 1. The van der Waals surface area contributed by atoms with Crippen LogP contribution in [-0.4, -0.2) is 11.7 Å². The molecule has 24 heavy (non-hydrogen) atoms. The number of rotatable bonds is 5. The van der Waals surface area contributed by atoms with Crippen molar-refractivity contribution in [2.45, 2.75) is 26.6 Å². The van der Waals surface area contributed by atoms with E-state index >= 15 is 0 Å². The van der Waals surface area contributed by atoms with Crippen LogP contribution in [0.2, 0.25) is 0 Å². The Morgan fingerprint density at radius 3 is 2.62 bits per heavy atom. The van der Waals surface area contributed by atoms with Crippen molar-refractivity contribution in [1.29, 1.82) is 0 Å². The number of allylic oxidation sites excluding steroid dienone is 1. The highest BCUT2D eigenvalue weighted by molar-refractivity contribution is 5.34. The smallest absolute Gasteiger partial charge is 0.134 e. The summed E-state index contributed by atoms with van der Waals surface area (Å²) in [6.07, 6.45) is -0.377. The van der Waals surface area contributed by atoms with Crippen molar-refractivity contribution in [3.63, 3.8) is 0 Å². The van der Waals surface area contributed by atoms with Gasteiger partial charge in [-0.1, -0.05) is 29.8 Å². The van der Waals surface area contributed by atoms with Crippen LogP contribution in [0.1, 0.15) is 29.8 Å². The molecule has 126 valence electrons. The summed E-state index contributed by atoms with van der Waals surface area (Å²) in [4.78, 5) is 0. The molecule has 0 fully saturated rings. The number of benzene rings is 2. The van der Waals surface area contributed by atoms with E-state index in [-0.39, 0.29) is 18.6 Å². The van der Waals surface area contributed by atoms with E-state index < -0.39 is 0 Å². The van der Waals surface area contributed by atoms with Crippen LogP contribution in [0.15, 0.2) is 53.9 Å². The molecule has 1 heterocycles. The number of hydrogen-bond acceptors (Lipinski definition) is 4. The molecule has 0 saturated heterocycles. The van der Waals surface area contributed by atoms with Crippen molar-refractivity contribution < 1.29 is 14.2 Å². The minimum Gasteiger partial charge on any atom is -0.489 e. The van der Waals surface area contributed by atoms with Gasteiger partial charge < -0.3 is 20.5 Å². The highest BCUT2D eigenvalue weighted by atomic mass is 19.1. The Morgan fingerprint density at radius 1 is 1.12 bits per heavy atom. The molecule has 0 spiro atoms. The first-order chi connectivity index (χ1) is 11.6. The summed E-state index contributed by atoms with van der Waals surface area (Å²) in [5.41, 5.74) is 4.20. The zero-order chi connectivity index (χ0) is 17.1.